The fraction of sp³-hybridized carbons (Fsp3) is 0.357. The number of rotatable bonds is 2. The zero-order chi connectivity index (χ0) is 15.4. The van der Waals surface area contributed by atoms with Gasteiger partial charge in [-0.05, 0) is 42.5 Å². The molecule has 0 aromatic heterocycles. The molecular formula is C14H12ClF3N2O. The largest absolute Gasteiger partial charge is 0.419 e. The molecule has 1 heterocycles. The first-order valence-electron chi connectivity index (χ1n) is 6.41. The number of alkyl halides is 3. The standard InChI is InChI=1S/C14H12ClF3N2O/c1-7(8-2-3-8)13(14(16,17)18)10-6-9(15)4-5-11(10)19-12(21)20-13/h4-6,8H,1-3H2,(H2,19,20,21)/t13-/m0/s1. The highest BCUT2D eigenvalue weighted by Crippen LogP contribution is 2.54. The van der Waals surface area contributed by atoms with E-state index in [9.17, 15) is 18.0 Å². The van der Waals surface area contributed by atoms with Crippen molar-refractivity contribution in [2.24, 2.45) is 5.92 Å². The summed E-state index contributed by atoms with van der Waals surface area (Å²) in [6.45, 7) is 3.64. The molecule has 2 N–H and O–H groups in total. The molecule has 0 saturated heterocycles. The number of carbonyl (C=O) groups excluding carboxylic acids is 1. The second kappa shape index (κ2) is 4.40. The molecule has 1 aromatic carbocycles. The highest BCUT2D eigenvalue weighted by molar-refractivity contribution is 6.30. The topological polar surface area (TPSA) is 41.1 Å². The van der Waals surface area contributed by atoms with Crippen LogP contribution >= 0.6 is 11.6 Å². The Morgan fingerprint density at radius 2 is 2.05 bits per heavy atom. The molecule has 0 unspecified atom stereocenters. The van der Waals surface area contributed by atoms with Crippen molar-refractivity contribution >= 4 is 23.3 Å². The smallest absolute Gasteiger partial charge is 0.316 e. The Bertz CT molecular complexity index is 640. The van der Waals surface area contributed by atoms with Crippen molar-refractivity contribution < 1.29 is 18.0 Å². The lowest BCUT2D eigenvalue weighted by molar-refractivity contribution is -0.186. The maximum absolute atomic E-state index is 13.9. The number of hydrogen-bond donors (Lipinski definition) is 2. The number of fused-ring (bicyclic) bond motifs is 1. The Morgan fingerprint density at radius 3 is 2.62 bits per heavy atom. The van der Waals surface area contributed by atoms with Crippen molar-refractivity contribution in [3.8, 4) is 0 Å². The van der Waals surface area contributed by atoms with Gasteiger partial charge < -0.3 is 10.6 Å². The fourth-order valence-electron chi connectivity index (χ4n) is 2.72. The molecule has 1 aromatic rings. The minimum absolute atomic E-state index is 0.0339. The summed E-state index contributed by atoms with van der Waals surface area (Å²) in [5, 5.41) is 4.59. The first-order chi connectivity index (χ1) is 9.75. The van der Waals surface area contributed by atoms with Crippen molar-refractivity contribution in [1.29, 1.82) is 0 Å². The lowest BCUT2D eigenvalue weighted by Crippen LogP contribution is -2.61. The van der Waals surface area contributed by atoms with E-state index in [1.165, 1.54) is 18.2 Å². The SMILES string of the molecule is C=C(C1CC1)[C@]1(C(F)(F)F)NC(=O)Nc2ccc(Cl)cc21. The number of anilines is 1. The van der Waals surface area contributed by atoms with E-state index in [-0.39, 0.29) is 27.8 Å². The van der Waals surface area contributed by atoms with Crippen LogP contribution in [-0.4, -0.2) is 12.2 Å². The third-order valence-corrected chi connectivity index (χ3v) is 4.15. The second-order valence-corrected chi connectivity index (χ2v) is 5.75. The van der Waals surface area contributed by atoms with Gasteiger partial charge in [-0.2, -0.15) is 13.2 Å². The van der Waals surface area contributed by atoms with Crippen LogP contribution in [0.1, 0.15) is 18.4 Å². The maximum Gasteiger partial charge on any atom is 0.419 e. The van der Waals surface area contributed by atoms with Crippen molar-refractivity contribution in [3.63, 3.8) is 0 Å². The van der Waals surface area contributed by atoms with Crippen LogP contribution in [0.2, 0.25) is 5.02 Å². The third-order valence-electron chi connectivity index (χ3n) is 3.91. The molecule has 7 heteroatoms. The summed E-state index contributed by atoms with van der Waals surface area (Å²) in [7, 11) is 0. The number of hydrogen-bond acceptors (Lipinski definition) is 1. The number of nitrogens with one attached hydrogen (secondary N) is 2. The zero-order valence-electron chi connectivity index (χ0n) is 10.9. The van der Waals surface area contributed by atoms with Gasteiger partial charge in [-0.25, -0.2) is 4.79 Å². The Kier molecular flexibility index (Phi) is 2.99. The van der Waals surface area contributed by atoms with E-state index in [4.69, 9.17) is 11.6 Å². The van der Waals surface area contributed by atoms with Crippen LogP contribution in [0.3, 0.4) is 0 Å². The van der Waals surface area contributed by atoms with Gasteiger partial charge in [0.05, 0.1) is 0 Å². The average molecular weight is 317 g/mol. The van der Waals surface area contributed by atoms with E-state index >= 15 is 0 Å². The summed E-state index contributed by atoms with van der Waals surface area (Å²) in [6, 6.07) is 3.14. The monoisotopic (exact) mass is 316 g/mol. The van der Waals surface area contributed by atoms with Gasteiger partial charge in [0.15, 0.2) is 5.54 Å². The second-order valence-electron chi connectivity index (χ2n) is 5.32. The predicted octanol–water partition coefficient (Wildman–Crippen LogP) is 4.20. The lowest BCUT2D eigenvalue weighted by Gasteiger charge is -2.42. The number of carbonyl (C=O) groups is 1. The summed E-state index contributed by atoms with van der Waals surface area (Å²) in [6.07, 6.45) is -3.41. The Hall–Kier alpha value is -1.69. The molecule has 3 nitrogen and oxygen atoms in total. The van der Waals surface area contributed by atoms with Crippen LogP contribution in [0.5, 0.6) is 0 Å². The van der Waals surface area contributed by atoms with Crippen LogP contribution in [0.4, 0.5) is 23.7 Å². The fourth-order valence-corrected chi connectivity index (χ4v) is 2.90. The van der Waals surface area contributed by atoms with E-state index in [1.807, 2.05) is 5.32 Å². The van der Waals surface area contributed by atoms with Gasteiger partial charge >= 0.3 is 12.2 Å². The van der Waals surface area contributed by atoms with Crippen LogP contribution in [0.25, 0.3) is 0 Å². The molecule has 1 aliphatic heterocycles. The minimum atomic E-state index is -4.70. The molecule has 2 aliphatic rings. The number of benzene rings is 1. The van der Waals surface area contributed by atoms with Crippen LogP contribution in [0.15, 0.2) is 30.4 Å². The molecule has 0 spiro atoms. The van der Waals surface area contributed by atoms with Crippen molar-refractivity contribution in [2.45, 2.75) is 24.6 Å². The van der Waals surface area contributed by atoms with Gasteiger partial charge in [-0.15, -0.1) is 0 Å². The molecule has 3 rings (SSSR count). The molecule has 0 radical (unpaired) electrons. The summed E-state index contributed by atoms with van der Waals surface area (Å²) >= 11 is 5.85. The first-order valence-corrected chi connectivity index (χ1v) is 6.78. The van der Waals surface area contributed by atoms with E-state index in [0.29, 0.717) is 12.8 Å². The van der Waals surface area contributed by atoms with E-state index in [2.05, 4.69) is 11.9 Å². The summed E-state index contributed by atoms with van der Waals surface area (Å²) < 4.78 is 41.6. The molecule has 0 bridgehead atoms. The van der Waals surface area contributed by atoms with Gasteiger partial charge in [-0.3, -0.25) is 0 Å². The lowest BCUT2D eigenvalue weighted by atomic mass is 9.78. The van der Waals surface area contributed by atoms with Gasteiger partial charge in [0.2, 0.25) is 0 Å². The Morgan fingerprint density at radius 1 is 1.38 bits per heavy atom. The van der Waals surface area contributed by atoms with Crippen molar-refractivity contribution in [2.75, 3.05) is 5.32 Å². The van der Waals surface area contributed by atoms with Crippen LogP contribution < -0.4 is 10.6 Å². The molecule has 1 fully saturated rings. The summed E-state index contributed by atoms with van der Waals surface area (Å²) in [5.41, 5.74) is -2.63. The molecule has 112 valence electrons. The number of halogens is 4. The van der Waals surface area contributed by atoms with E-state index < -0.39 is 17.7 Å². The summed E-state index contributed by atoms with van der Waals surface area (Å²) in [4.78, 5) is 11.7. The van der Waals surface area contributed by atoms with Gasteiger partial charge in [0, 0.05) is 16.3 Å². The molecule has 1 aliphatic carbocycles. The molecule has 21 heavy (non-hydrogen) atoms. The Balaban J connectivity index is 2.26. The highest BCUT2D eigenvalue weighted by atomic mass is 35.5. The van der Waals surface area contributed by atoms with Gasteiger partial charge in [-0.1, -0.05) is 18.2 Å². The van der Waals surface area contributed by atoms with Crippen LogP contribution in [0, 0.1) is 5.92 Å². The minimum Gasteiger partial charge on any atom is -0.316 e. The maximum atomic E-state index is 13.9. The quantitative estimate of drug-likeness (QED) is 0.789. The van der Waals surface area contributed by atoms with Gasteiger partial charge in [0.25, 0.3) is 0 Å². The number of amides is 2. The molecule has 2 amide bonds. The van der Waals surface area contributed by atoms with Crippen molar-refractivity contribution in [3.05, 3.63) is 40.9 Å². The first kappa shape index (κ1) is 14.3. The van der Waals surface area contributed by atoms with E-state index in [0.717, 1.165) is 0 Å². The predicted molar refractivity (Wildman–Crippen MR) is 73.2 cm³/mol. The normalized spacial score (nSPS) is 24.9. The zero-order valence-corrected chi connectivity index (χ0v) is 11.6. The Labute approximate surface area is 124 Å². The van der Waals surface area contributed by atoms with Crippen LogP contribution in [-0.2, 0) is 5.54 Å². The highest BCUT2D eigenvalue weighted by Gasteiger charge is 2.63. The molecule has 1 atom stereocenters. The van der Waals surface area contributed by atoms with E-state index in [1.54, 1.807) is 0 Å². The number of urea groups is 1. The molecular weight excluding hydrogens is 305 g/mol. The summed E-state index contributed by atoms with van der Waals surface area (Å²) in [5.74, 6) is -0.239. The average Bonchev–Trinajstić information content (AvgIpc) is 3.20. The van der Waals surface area contributed by atoms with Gasteiger partial charge in [0.1, 0.15) is 0 Å². The molecule has 1 saturated carbocycles. The third kappa shape index (κ3) is 2.09. The van der Waals surface area contributed by atoms with Crippen molar-refractivity contribution in [1.82, 2.24) is 5.32 Å².